The van der Waals surface area contributed by atoms with Crippen molar-refractivity contribution in [3.05, 3.63) is 149 Å². The van der Waals surface area contributed by atoms with Crippen molar-refractivity contribution >= 4 is 68.6 Å². The molecule has 4 heteroatoms. The lowest BCUT2D eigenvalue weighted by Gasteiger charge is -2.52. The Bertz CT molecular complexity index is 2540. The Morgan fingerprint density at radius 3 is 1.54 bits per heavy atom. The van der Waals surface area contributed by atoms with Crippen molar-refractivity contribution < 1.29 is 0 Å². The predicted molar refractivity (Wildman–Crippen MR) is 244 cm³/mol. The molecule has 5 aliphatic rings. The Kier molecular flexibility index (Phi) is 7.04. The Balaban J connectivity index is 1.28. The monoisotopic (exact) mass is 743 g/mol. The second-order valence-electron chi connectivity index (χ2n) is 19.9. The van der Waals surface area contributed by atoms with Crippen LogP contribution in [0.2, 0.25) is 0 Å². The van der Waals surface area contributed by atoms with Gasteiger partial charge in [0.25, 0.3) is 6.71 Å². The molecular weight excluding hydrogens is 689 g/mol. The van der Waals surface area contributed by atoms with Gasteiger partial charge in [0.1, 0.15) is 0 Å². The number of para-hydroxylation sites is 2. The predicted octanol–water partition coefficient (Wildman–Crippen LogP) is 12.1. The molecule has 0 bridgehead atoms. The minimum absolute atomic E-state index is 0.0272. The van der Waals surface area contributed by atoms with E-state index in [2.05, 4.69) is 192 Å². The maximum atomic E-state index is 2.80. The van der Waals surface area contributed by atoms with Crippen LogP contribution in [-0.4, -0.2) is 12.3 Å². The molecule has 4 heterocycles. The molecule has 1 saturated carbocycles. The number of anilines is 8. The van der Waals surface area contributed by atoms with Crippen molar-refractivity contribution in [2.45, 2.75) is 110 Å². The number of aryl methyl sites for hydroxylation is 2. The Morgan fingerprint density at radius 2 is 1.02 bits per heavy atom. The van der Waals surface area contributed by atoms with Crippen molar-refractivity contribution in [2.75, 3.05) is 14.7 Å². The average Bonchev–Trinajstić information content (AvgIpc) is 3.39. The highest BCUT2D eigenvalue weighted by atomic mass is 15.3. The highest BCUT2D eigenvalue weighted by molar-refractivity contribution is 7.01. The van der Waals surface area contributed by atoms with Gasteiger partial charge in [-0.05, 0) is 143 Å². The van der Waals surface area contributed by atoms with Crippen LogP contribution in [0.5, 0.6) is 0 Å². The van der Waals surface area contributed by atoms with Gasteiger partial charge in [-0.2, -0.15) is 0 Å². The molecule has 284 valence electrons. The maximum absolute atomic E-state index is 2.80. The molecule has 0 radical (unpaired) electrons. The molecule has 0 saturated heterocycles. The van der Waals surface area contributed by atoms with E-state index in [1.165, 1.54) is 115 Å². The maximum Gasteiger partial charge on any atom is 0.252 e. The summed E-state index contributed by atoms with van der Waals surface area (Å²) in [6.07, 6.45) is 4.88. The first-order valence-electron chi connectivity index (χ1n) is 21.4. The lowest BCUT2D eigenvalue weighted by molar-refractivity contribution is 0.195. The van der Waals surface area contributed by atoms with Gasteiger partial charge in [0.2, 0.25) is 0 Å². The molecule has 1 aliphatic carbocycles. The van der Waals surface area contributed by atoms with Gasteiger partial charge >= 0.3 is 0 Å². The van der Waals surface area contributed by atoms with Crippen LogP contribution < -0.4 is 31.1 Å². The topological polar surface area (TPSA) is 9.72 Å². The van der Waals surface area contributed by atoms with Gasteiger partial charge in [0, 0.05) is 56.3 Å². The molecule has 2 atom stereocenters. The number of hydrogen-bond acceptors (Lipinski definition) is 3. The second kappa shape index (κ2) is 11.5. The molecule has 11 rings (SSSR count). The van der Waals surface area contributed by atoms with E-state index in [-0.39, 0.29) is 28.5 Å². The normalized spacial score (nSPS) is 22.0. The minimum atomic E-state index is -0.173. The molecule has 3 nitrogen and oxygen atoms in total. The third-order valence-corrected chi connectivity index (χ3v) is 15.2. The highest BCUT2D eigenvalue weighted by Gasteiger charge is 2.59. The van der Waals surface area contributed by atoms with Gasteiger partial charge < -0.3 is 14.7 Å². The fourth-order valence-corrected chi connectivity index (χ4v) is 12.1. The van der Waals surface area contributed by atoms with Crippen LogP contribution in [0.4, 0.5) is 45.5 Å². The van der Waals surface area contributed by atoms with Crippen LogP contribution in [0, 0.1) is 13.8 Å². The third-order valence-electron chi connectivity index (χ3n) is 15.2. The summed E-state index contributed by atoms with van der Waals surface area (Å²) in [6, 6.07) is 44.9. The van der Waals surface area contributed by atoms with Crippen molar-refractivity contribution in [1.29, 1.82) is 0 Å². The lowest BCUT2D eigenvalue weighted by Crippen LogP contribution is -2.67. The Morgan fingerprint density at radius 1 is 0.509 bits per heavy atom. The number of rotatable bonds is 3. The Hall–Kier alpha value is -5.22. The summed E-state index contributed by atoms with van der Waals surface area (Å²) in [6.45, 7) is 21.9. The molecule has 0 aromatic heterocycles. The molecule has 0 amide bonds. The molecule has 0 spiro atoms. The molecule has 4 aliphatic heterocycles. The van der Waals surface area contributed by atoms with Crippen LogP contribution in [0.15, 0.2) is 115 Å². The summed E-state index contributed by atoms with van der Waals surface area (Å²) in [5.41, 5.74) is 23.0. The highest BCUT2D eigenvalue weighted by Crippen LogP contribution is 2.62. The lowest BCUT2D eigenvalue weighted by atomic mass is 9.28. The van der Waals surface area contributed by atoms with Crippen LogP contribution >= 0.6 is 0 Å². The van der Waals surface area contributed by atoms with Crippen LogP contribution in [-0.2, 0) is 16.2 Å². The molecule has 1 fully saturated rings. The molecular formula is C53H54BN3. The van der Waals surface area contributed by atoms with Gasteiger partial charge in [-0.25, -0.2) is 0 Å². The second-order valence-corrected chi connectivity index (χ2v) is 19.9. The molecule has 2 unspecified atom stereocenters. The summed E-state index contributed by atoms with van der Waals surface area (Å²) in [5.74, 6) is 0. The molecule has 6 aromatic carbocycles. The number of nitrogens with zero attached hydrogens (tertiary/aromatic N) is 3. The fourth-order valence-electron chi connectivity index (χ4n) is 12.1. The smallest absolute Gasteiger partial charge is 0.252 e. The van der Waals surface area contributed by atoms with E-state index in [1.807, 2.05) is 0 Å². The molecule has 6 aromatic rings. The minimum Gasteiger partial charge on any atom is -0.334 e. The standard InChI is InChI=1S/C53H54BN3/c1-33-26-40-47-43(28-33)55(36-18-12-10-13-19-36)45-31-38(57-42-23-22-35(50(3,4)5)30-39(42)52(8)24-16-17-25-53(52,57)9)32-46-49(45)54(47)48-41(51(40,6)7)27-34(2)29-44(48)56(46)37-20-14-11-15-21-37/h10-15,18-23,26-32H,16-17,24-25H2,1-9H3. The van der Waals surface area contributed by atoms with Crippen molar-refractivity contribution in [3.63, 3.8) is 0 Å². The number of fused-ring (bicyclic) bond motifs is 3. The average molecular weight is 744 g/mol. The van der Waals surface area contributed by atoms with Gasteiger partial charge in [-0.15, -0.1) is 0 Å². The first-order chi connectivity index (χ1) is 27.2. The van der Waals surface area contributed by atoms with Crippen LogP contribution in [0.1, 0.15) is 108 Å². The summed E-state index contributed by atoms with van der Waals surface area (Å²) in [7, 11) is 0. The summed E-state index contributed by atoms with van der Waals surface area (Å²) >= 11 is 0. The summed E-state index contributed by atoms with van der Waals surface area (Å²) < 4.78 is 0. The number of benzene rings is 6. The zero-order valence-corrected chi connectivity index (χ0v) is 35.2. The zero-order valence-electron chi connectivity index (χ0n) is 35.2. The third kappa shape index (κ3) is 4.51. The summed E-state index contributed by atoms with van der Waals surface area (Å²) in [4.78, 5) is 8.04. The first-order valence-corrected chi connectivity index (χ1v) is 21.4. The fraction of sp³-hybridized carbons (Fsp3) is 0.321. The van der Waals surface area contributed by atoms with Gasteiger partial charge in [-0.3, -0.25) is 0 Å². The van der Waals surface area contributed by atoms with Gasteiger partial charge in [-0.1, -0.05) is 115 Å². The van der Waals surface area contributed by atoms with Crippen LogP contribution in [0.3, 0.4) is 0 Å². The SMILES string of the molecule is Cc1cc2c3c(c1)C(C)(C)c1cc(C)cc4c1B3c1c(cc(N3c5ccc(C(C)(C)C)cc5C5(C)CCCCC35C)cc1N4c1ccccc1)N2c1ccccc1. The molecule has 57 heavy (non-hydrogen) atoms. The first kappa shape index (κ1) is 35.0. The quantitative estimate of drug-likeness (QED) is 0.167. The van der Waals surface area contributed by atoms with Gasteiger partial charge in [0.15, 0.2) is 0 Å². The van der Waals surface area contributed by atoms with Gasteiger partial charge in [0.05, 0.1) is 5.54 Å². The van der Waals surface area contributed by atoms with E-state index in [1.54, 1.807) is 0 Å². The van der Waals surface area contributed by atoms with Crippen molar-refractivity contribution in [3.8, 4) is 0 Å². The van der Waals surface area contributed by atoms with Crippen molar-refractivity contribution in [2.24, 2.45) is 0 Å². The van der Waals surface area contributed by atoms with E-state index in [9.17, 15) is 0 Å². The van der Waals surface area contributed by atoms with E-state index < -0.39 is 0 Å². The van der Waals surface area contributed by atoms with E-state index in [0.29, 0.717) is 0 Å². The summed E-state index contributed by atoms with van der Waals surface area (Å²) in [5, 5.41) is 0. The van der Waals surface area contributed by atoms with E-state index in [4.69, 9.17) is 0 Å². The zero-order chi connectivity index (χ0) is 39.4. The van der Waals surface area contributed by atoms with Crippen LogP contribution in [0.25, 0.3) is 0 Å². The van der Waals surface area contributed by atoms with Crippen molar-refractivity contribution in [1.82, 2.24) is 0 Å². The number of hydrogen-bond donors (Lipinski definition) is 0. The van der Waals surface area contributed by atoms with E-state index in [0.717, 1.165) is 6.42 Å². The Labute approximate surface area is 340 Å². The molecule has 0 N–H and O–H groups in total. The largest absolute Gasteiger partial charge is 0.334 e. The van der Waals surface area contributed by atoms with E-state index >= 15 is 0 Å².